The Labute approximate surface area is 129 Å². The van der Waals surface area contributed by atoms with Crippen LogP contribution in [0.2, 0.25) is 0 Å². The Morgan fingerprint density at radius 2 is 2.18 bits per heavy atom. The summed E-state index contributed by atoms with van der Waals surface area (Å²) in [7, 11) is 0. The van der Waals surface area contributed by atoms with Gasteiger partial charge in [-0.05, 0) is 23.8 Å². The van der Waals surface area contributed by atoms with Crippen LogP contribution in [0.15, 0.2) is 47.7 Å². The molecule has 3 rings (SSSR count). The summed E-state index contributed by atoms with van der Waals surface area (Å²) in [6.45, 7) is 0.321. The van der Waals surface area contributed by atoms with E-state index < -0.39 is 11.6 Å². The molecule has 1 aromatic carbocycles. The number of halogens is 2. The van der Waals surface area contributed by atoms with Crippen LogP contribution < -0.4 is 0 Å². The molecule has 1 aromatic heterocycles. The molecule has 4 nitrogen and oxygen atoms in total. The Morgan fingerprint density at radius 3 is 2.91 bits per heavy atom. The van der Waals surface area contributed by atoms with Gasteiger partial charge in [-0.1, -0.05) is 17.8 Å². The molecule has 0 aliphatic carbocycles. The van der Waals surface area contributed by atoms with Crippen LogP contribution in [-0.4, -0.2) is 26.7 Å². The van der Waals surface area contributed by atoms with Gasteiger partial charge in [-0.25, -0.2) is 13.8 Å². The summed E-state index contributed by atoms with van der Waals surface area (Å²) in [4.78, 5) is 21.6. The molecule has 1 saturated heterocycles. The number of thioether (sulfide) groups is 1. The molecule has 0 radical (unpaired) electrons. The highest BCUT2D eigenvalue weighted by Crippen LogP contribution is 2.27. The molecule has 22 heavy (non-hydrogen) atoms. The van der Waals surface area contributed by atoms with Gasteiger partial charge in [0, 0.05) is 18.5 Å². The van der Waals surface area contributed by atoms with E-state index in [0.29, 0.717) is 11.7 Å². The van der Waals surface area contributed by atoms with Gasteiger partial charge >= 0.3 is 0 Å². The zero-order valence-electron chi connectivity index (χ0n) is 11.4. The number of hydrogen-bond donors (Lipinski definition) is 0. The molecular weight excluding hydrogens is 308 g/mol. The Morgan fingerprint density at radius 1 is 1.32 bits per heavy atom. The van der Waals surface area contributed by atoms with E-state index in [1.807, 2.05) is 6.07 Å². The van der Waals surface area contributed by atoms with Gasteiger partial charge in [0.25, 0.3) is 0 Å². The van der Waals surface area contributed by atoms with E-state index in [1.165, 1.54) is 22.7 Å². The monoisotopic (exact) mass is 319 g/mol. The van der Waals surface area contributed by atoms with Crippen molar-refractivity contribution < 1.29 is 13.6 Å². The quantitative estimate of drug-likeness (QED) is 0.873. The fraction of sp³-hybridized carbons (Fsp3) is 0.133. The van der Waals surface area contributed by atoms with Gasteiger partial charge in [0.2, 0.25) is 5.91 Å². The third kappa shape index (κ3) is 3.14. The van der Waals surface area contributed by atoms with Crippen LogP contribution in [0.5, 0.6) is 0 Å². The fourth-order valence-corrected chi connectivity index (χ4v) is 2.88. The number of rotatable bonds is 3. The van der Waals surface area contributed by atoms with E-state index in [0.717, 1.165) is 17.7 Å². The van der Waals surface area contributed by atoms with Gasteiger partial charge in [0.05, 0.1) is 12.3 Å². The van der Waals surface area contributed by atoms with Gasteiger partial charge in [0.15, 0.2) is 11.0 Å². The number of aromatic nitrogens is 1. The summed E-state index contributed by atoms with van der Waals surface area (Å²) < 4.78 is 26.6. The second-order valence-corrected chi connectivity index (χ2v) is 5.56. The minimum atomic E-state index is -0.756. The van der Waals surface area contributed by atoms with Crippen molar-refractivity contribution in [1.82, 2.24) is 9.88 Å². The number of amidine groups is 1. The van der Waals surface area contributed by atoms with Crippen LogP contribution in [-0.2, 0) is 11.3 Å². The van der Waals surface area contributed by atoms with Gasteiger partial charge in [0.1, 0.15) is 11.5 Å². The molecular formula is C15H11F2N3OS. The highest BCUT2D eigenvalue weighted by molar-refractivity contribution is 8.15. The van der Waals surface area contributed by atoms with Crippen molar-refractivity contribution in [3.8, 4) is 0 Å². The zero-order valence-corrected chi connectivity index (χ0v) is 12.2. The predicted molar refractivity (Wildman–Crippen MR) is 80.7 cm³/mol. The first-order valence-electron chi connectivity index (χ1n) is 6.49. The SMILES string of the molecule is O=C1CSC(=Nc2ccc(F)cc2F)N1Cc1cccnc1. The molecule has 0 spiro atoms. The third-order valence-electron chi connectivity index (χ3n) is 3.05. The van der Waals surface area contributed by atoms with Crippen molar-refractivity contribution in [2.24, 2.45) is 4.99 Å². The first kappa shape index (κ1) is 14.6. The number of amides is 1. The largest absolute Gasteiger partial charge is 0.286 e. The lowest BCUT2D eigenvalue weighted by atomic mass is 10.2. The van der Waals surface area contributed by atoms with Crippen molar-refractivity contribution in [3.63, 3.8) is 0 Å². The molecule has 1 aliphatic heterocycles. The van der Waals surface area contributed by atoms with Gasteiger partial charge in [-0.15, -0.1) is 0 Å². The van der Waals surface area contributed by atoms with Crippen LogP contribution >= 0.6 is 11.8 Å². The molecule has 0 N–H and O–H groups in total. The van der Waals surface area contributed by atoms with E-state index in [4.69, 9.17) is 0 Å². The maximum atomic E-state index is 13.7. The zero-order chi connectivity index (χ0) is 15.5. The number of aliphatic imine (C=N–C) groups is 1. The Hall–Kier alpha value is -2.28. The summed E-state index contributed by atoms with van der Waals surface area (Å²) in [6.07, 6.45) is 3.30. The van der Waals surface area contributed by atoms with Crippen LogP contribution in [0.25, 0.3) is 0 Å². The lowest BCUT2D eigenvalue weighted by Crippen LogP contribution is -2.28. The van der Waals surface area contributed by atoms with Crippen molar-refractivity contribution in [2.45, 2.75) is 6.54 Å². The predicted octanol–water partition coefficient (Wildman–Crippen LogP) is 3.12. The van der Waals surface area contributed by atoms with E-state index in [-0.39, 0.29) is 17.3 Å². The lowest BCUT2D eigenvalue weighted by Gasteiger charge is -2.15. The van der Waals surface area contributed by atoms with E-state index in [9.17, 15) is 13.6 Å². The highest BCUT2D eigenvalue weighted by atomic mass is 32.2. The molecule has 2 aromatic rings. The number of carbonyl (C=O) groups excluding carboxylic acids is 1. The van der Waals surface area contributed by atoms with Crippen LogP contribution in [0.1, 0.15) is 5.56 Å². The van der Waals surface area contributed by atoms with Crippen LogP contribution in [0, 0.1) is 11.6 Å². The van der Waals surface area contributed by atoms with E-state index in [2.05, 4.69) is 9.98 Å². The summed E-state index contributed by atoms with van der Waals surface area (Å²) in [5.41, 5.74) is 0.861. The molecule has 1 amide bonds. The number of carbonyl (C=O) groups is 1. The first-order chi connectivity index (χ1) is 10.6. The average Bonchev–Trinajstić information content (AvgIpc) is 2.84. The first-order valence-corrected chi connectivity index (χ1v) is 7.48. The lowest BCUT2D eigenvalue weighted by molar-refractivity contribution is -0.124. The van der Waals surface area contributed by atoms with Gasteiger partial charge in [-0.2, -0.15) is 0 Å². The Bertz CT molecular complexity index is 737. The number of nitrogens with zero attached hydrogens (tertiary/aromatic N) is 3. The second kappa shape index (κ2) is 6.23. The van der Waals surface area contributed by atoms with E-state index in [1.54, 1.807) is 18.5 Å². The van der Waals surface area contributed by atoms with Gasteiger partial charge in [-0.3, -0.25) is 14.7 Å². The molecule has 1 aliphatic rings. The molecule has 2 heterocycles. The van der Waals surface area contributed by atoms with Crippen molar-refractivity contribution in [3.05, 3.63) is 59.9 Å². The molecule has 112 valence electrons. The average molecular weight is 319 g/mol. The third-order valence-corrected chi connectivity index (χ3v) is 4.01. The van der Waals surface area contributed by atoms with Crippen LogP contribution in [0.3, 0.4) is 0 Å². The molecule has 7 heteroatoms. The smallest absolute Gasteiger partial charge is 0.239 e. The summed E-state index contributed by atoms with van der Waals surface area (Å²) in [6, 6.07) is 6.78. The van der Waals surface area contributed by atoms with Crippen molar-refractivity contribution in [2.75, 3.05) is 5.75 Å². The highest BCUT2D eigenvalue weighted by Gasteiger charge is 2.28. The van der Waals surface area contributed by atoms with Gasteiger partial charge < -0.3 is 0 Å². The summed E-state index contributed by atoms with van der Waals surface area (Å²) in [5.74, 6) is -1.27. The topological polar surface area (TPSA) is 45.6 Å². The normalized spacial score (nSPS) is 16.5. The molecule has 0 bridgehead atoms. The molecule has 0 saturated carbocycles. The fourth-order valence-electron chi connectivity index (χ4n) is 1.99. The molecule has 0 atom stereocenters. The van der Waals surface area contributed by atoms with E-state index >= 15 is 0 Å². The van der Waals surface area contributed by atoms with Crippen molar-refractivity contribution >= 4 is 28.5 Å². The number of benzene rings is 1. The Kier molecular flexibility index (Phi) is 4.15. The minimum Gasteiger partial charge on any atom is -0.286 e. The maximum Gasteiger partial charge on any atom is 0.239 e. The number of pyridine rings is 1. The maximum absolute atomic E-state index is 13.7. The Balaban J connectivity index is 1.88. The molecule has 0 unspecified atom stereocenters. The molecule has 1 fully saturated rings. The van der Waals surface area contributed by atoms with Crippen LogP contribution in [0.4, 0.5) is 14.5 Å². The number of hydrogen-bond acceptors (Lipinski definition) is 4. The van der Waals surface area contributed by atoms with Crippen molar-refractivity contribution in [1.29, 1.82) is 0 Å². The standard InChI is InChI=1S/C15H11F2N3OS/c16-11-3-4-13(12(17)6-11)19-15-20(14(21)9-22-15)8-10-2-1-5-18-7-10/h1-7H,8-9H2. The summed E-state index contributed by atoms with van der Waals surface area (Å²) >= 11 is 1.23. The summed E-state index contributed by atoms with van der Waals surface area (Å²) in [5, 5.41) is 0.402. The second-order valence-electron chi connectivity index (χ2n) is 4.62. The minimum absolute atomic E-state index is 0.00906.